The summed E-state index contributed by atoms with van der Waals surface area (Å²) in [5, 5.41) is 3.53. The summed E-state index contributed by atoms with van der Waals surface area (Å²) in [5.74, 6) is 1.52. The summed E-state index contributed by atoms with van der Waals surface area (Å²) in [6.07, 6.45) is 5.74. The second-order valence-corrected chi connectivity index (χ2v) is 3.99. The average Bonchev–Trinajstić information content (AvgIpc) is 2.66. The Kier molecular flexibility index (Phi) is 3.51. The Morgan fingerprint density at radius 3 is 3.06 bits per heavy atom. The summed E-state index contributed by atoms with van der Waals surface area (Å²) in [5.41, 5.74) is 1.35. The van der Waals surface area contributed by atoms with Crippen molar-refractivity contribution in [1.82, 2.24) is 9.97 Å². The smallest absolute Gasteiger partial charge is 0.136 e. The third-order valence-electron chi connectivity index (χ3n) is 2.25. The van der Waals surface area contributed by atoms with Crippen molar-refractivity contribution in [2.75, 3.05) is 11.9 Å². The van der Waals surface area contributed by atoms with Crippen molar-refractivity contribution in [3.63, 3.8) is 0 Å². The molecule has 1 aromatic heterocycles. The number of anilines is 1. The fourth-order valence-corrected chi connectivity index (χ4v) is 1.70. The van der Waals surface area contributed by atoms with Crippen LogP contribution in [0.25, 0.3) is 0 Å². The van der Waals surface area contributed by atoms with E-state index in [1.54, 1.807) is 6.07 Å². The Hall–Kier alpha value is -1.42. The molecule has 0 bridgehead atoms. The molecule has 16 heavy (non-hydrogen) atoms. The van der Waals surface area contributed by atoms with E-state index in [0.29, 0.717) is 11.0 Å². The molecule has 0 fully saturated rings. The molecule has 0 aliphatic carbocycles. The van der Waals surface area contributed by atoms with Crippen molar-refractivity contribution >= 4 is 23.3 Å². The monoisotopic (exact) mass is 236 g/mol. The third kappa shape index (κ3) is 2.79. The number of amidine groups is 1. The van der Waals surface area contributed by atoms with Gasteiger partial charge in [0, 0.05) is 6.07 Å². The molecular weight excluding hydrogens is 224 g/mol. The molecule has 0 saturated heterocycles. The van der Waals surface area contributed by atoms with Crippen LogP contribution < -0.4 is 5.32 Å². The molecule has 0 unspecified atom stereocenters. The summed E-state index contributed by atoms with van der Waals surface area (Å²) >= 11 is 5.76. The van der Waals surface area contributed by atoms with Crippen molar-refractivity contribution < 1.29 is 0 Å². The molecule has 5 heteroatoms. The first-order valence-electron chi connectivity index (χ1n) is 5.26. The maximum absolute atomic E-state index is 5.76. The van der Waals surface area contributed by atoms with Crippen LogP contribution in [0.4, 0.5) is 5.82 Å². The largest absolute Gasteiger partial charge is 0.325 e. The SMILES string of the molecule is CCCC1=CC(Nc2cc(Cl)ncn2)=NC1. The van der Waals surface area contributed by atoms with Crippen molar-refractivity contribution in [3.05, 3.63) is 29.2 Å². The molecule has 0 saturated carbocycles. The van der Waals surface area contributed by atoms with Crippen LogP contribution in [0.15, 0.2) is 29.0 Å². The van der Waals surface area contributed by atoms with Crippen LogP contribution in [0, 0.1) is 0 Å². The Bertz CT molecular complexity index is 439. The quantitative estimate of drug-likeness (QED) is 0.821. The van der Waals surface area contributed by atoms with E-state index in [2.05, 4.69) is 33.3 Å². The first-order chi connectivity index (χ1) is 7.78. The highest BCUT2D eigenvalue weighted by Crippen LogP contribution is 2.14. The number of aliphatic imine (C=N–C) groups is 1. The van der Waals surface area contributed by atoms with Gasteiger partial charge >= 0.3 is 0 Å². The number of aromatic nitrogens is 2. The Labute approximate surface area is 99.5 Å². The predicted octanol–water partition coefficient (Wildman–Crippen LogP) is 2.68. The van der Waals surface area contributed by atoms with Gasteiger partial charge in [0.05, 0.1) is 6.54 Å². The molecular formula is C11H13ClN4. The highest BCUT2D eigenvalue weighted by atomic mass is 35.5. The van der Waals surface area contributed by atoms with Gasteiger partial charge in [0.2, 0.25) is 0 Å². The predicted molar refractivity (Wildman–Crippen MR) is 66.0 cm³/mol. The van der Waals surface area contributed by atoms with Gasteiger partial charge in [-0.2, -0.15) is 0 Å². The lowest BCUT2D eigenvalue weighted by molar-refractivity contribution is 0.885. The van der Waals surface area contributed by atoms with Crippen molar-refractivity contribution in [2.45, 2.75) is 19.8 Å². The van der Waals surface area contributed by atoms with E-state index in [4.69, 9.17) is 11.6 Å². The zero-order valence-electron chi connectivity index (χ0n) is 9.07. The molecule has 2 heterocycles. The van der Waals surface area contributed by atoms with E-state index in [1.165, 1.54) is 11.9 Å². The molecule has 2 rings (SSSR count). The molecule has 0 spiro atoms. The number of nitrogens with zero attached hydrogens (tertiary/aromatic N) is 3. The van der Waals surface area contributed by atoms with E-state index >= 15 is 0 Å². The number of halogens is 1. The molecule has 4 nitrogen and oxygen atoms in total. The Morgan fingerprint density at radius 1 is 1.44 bits per heavy atom. The van der Waals surface area contributed by atoms with E-state index < -0.39 is 0 Å². The van der Waals surface area contributed by atoms with Crippen LogP contribution in [0.3, 0.4) is 0 Å². The Balaban J connectivity index is 2.01. The second-order valence-electron chi connectivity index (χ2n) is 3.61. The van der Waals surface area contributed by atoms with E-state index in [0.717, 1.165) is 25.2 Å². The second kappa shape index (κ2) is 5.07. The maximum Gasteiger partial charge on any atom is 0.136 e. The number of nitrogens with one attached hydrogen (secondary N) is 1. The minimum absolute atomic E-state index is 0.425. The molecule has 1 N–H and O–H groups in total. The first kappa shape index (κ1) is 11.1. The topological polar surface area (TPSA) is 50.2 Å². The van der Waals surface area contributed by atoms with Gasteiger partial charge in [-0.1, -0.05) is 24.9 Å². The van der Waals surface area contributed by atoms with Crippen LogP contribution in [-0.4, -0.2) is 22.3 Å². The first-order valence-corrected chi connectivity index (χ1v) is 5.64. The normalized spacial score (nSPS) is 14.6. The highest BCUT2D eigenvalue weighted by molar-refractivity contribution is 6.29. The van der Waals surface area contributed by atoms with Crippen LogP contribution in [0.5, 0.6) is 0 Å². The van der Waals surface area contributed by atoms with Crippen molar-refractivity contribution in [3.8, 4) is 0 Å². The summed E-state index contributed by atoms with van der Waals surface area (Å²) in [6, 6.07) is 1.68. The number of hydrogen-bond acceptors (Lipinski definition) is 4. The van der Waals surface area contributed by atoms with Crippen molar-refractivity contribution in [2.24, 2.45) is 4.99 Å². The lowest BCUT2D eigenvalue weighted by Gasteiger charge is -2.02. The maximum atomic E-state index is 5.76. The van der Waals surface area contributed by atoms with Gasteiger partial charge in [-0.05, 0) is 18.1 Å². The minimum Gasteiger partial charge on any atom is -0.325 e. The van der Waals surface area contributed by atoms with Crippen molar-refractivity contribution in [1.29, 1.82) is 0 Å². The molecule has 84 valence electrons. The van der Waals surface area contributed by atoms with E-state index in [-0.39, 0.29) is 0 Å². The van der Waals surface area contributed by atoms with Crippen LogP contribution in [0.1, 0.15) is 19.8 Å². The zero-order valence-corrected chi connectivity index (χ0v) is 9.83. The molecule has 0 aromatic carbocycles. The zero-order chi connectivity index (χ0) is 11.4. The highest BCUT2D eigenvalue weighted by Gasteiger charge is 2.08. The minimum atomic E-state index is 0.425. The molecule has 0 radical (unpaired) electrons. The van der Waals surface area contributed by atoms with Gasteiger partial charge in [-0.3, -0.25) is 4.99 Å². The number of rotatable bonds is 3. The lowest BCUT2D eigenvalue weighted by atomic mass is 10.1. The molecule has 0 atom stereocenters. The van der Waals surface area contributed by atoms with Gasteiger partial charge < -0.3 is 5.32 Å². The van der Waals surface area contributed by atoms with Gasteiger partial charge in [0.1, 0.15) is 23.1 Å². The van der Waals surface area contributed by atoms with Gasteiger partial charge in [0.15, 0.2) is 0 Å². The molecule has 1 aromatic rings. The fourth-order valence-electron chi connectivity index (χ4n) is 1.55. The van der Waals surface area contributed by atoms with Gasteiger partial charge in [-0.25, -0.2) is 9.97 Å². The summed E-state index contributed by atoms with van der Waals surface area (Å²) in [4.78, 5) is 12.2. The molecule has 1 aliphatic heterocycles. The van der Waals surface area contributed by atoms with E-state index in [9.17, 15) is 0 Å². The standard InChI is InChI=1S/C11H13ClN4/c1-2-3-8-4-10(13-6-8)16-11-5-9(12)14-7-15-11/h4-5,7H,2-3,6H2,1H3,(H,13,14,15,16). The van der Waals surface area contributed by atoms with E-state index in [1.807, 2.05) is 0 Å². The van der Waals surface area contributed by atoms with Gasteiger partial charge in [-0.15, -0.1) is 0 Å². The van der Waals surface area contributed by atoms with Crippen LogP contribution in [-0.2, 0) is 0 Å². The third-order valence-corrected chi connectivity index (χ3v) is 2.46. The average molecular weight is 237 g/mol. The Morgan fingerprint density at radius 2 is 2.31 bits per heavy atom. The lowest BCUT2D eigenvalue weighted by Crippen LogP contribution is -2.08. The summed E-state index contributed by atoms with van der Waals surface area (Å²) < 4.78 is 0. The van der Waals surface area contributed by atoms with Crippen LogP contribution >= 0.6 is 11.6 Å². The van der Waals surface area contributed by atoms with Gasteiger partial charge in [0.25, 0.3) is 0 Å². The molecule has 0 amide bonds. The molecule has 1 aliphatic rings. The van der Waals surface area contributed by atoms with Crippen LogP contribution in [0.2, 0.25) is 5.15 Å². The summed E-state index contributed by atoms with van der Waals surface area (Å²) in [6.45, 7) is 2.95. The fraction of sp³-hybridized carbons (Fsp3) is 0.364. The number of hydrogen-bond donors (Lipinski definition) is 1. The summed E-state index contributed by atoms with van der Waals surface area (Å²) in [7, 11) is 0.